The number of aromatic hydroxyl groups is 1. The van der Waals surface area contributed by atoms with Crippen molar-refractivity contribution in [2.75, 3.05) is 5.32 Å². The Balaban J connectivity index is 2.24. The second-order valence-corrected chi connectivity index (χ2v) is 8.34. The second-order valence-electron chi connectivity index (χ2n) is 7.43. The summed E-state index contributed by atoms with van der Waals surface area (Å²) in [5.41, 5.74) is -3.02. The first-order valence-corrected chi connectivity index (χ1v) is 10.0. The van der Waals surface area contributed by atoms with E-state index in [-0.39, 0.29) is 22.4 Å². The van der Waals surface area contributed by atoms with Gasteiger partial charge in [0.1, 0.15) is 5.75 Å². The van der Waals surface area contributed by atoms with E-state index in [9.17, 15) is 28.2 Å². The highest BCUT2D eigenvalue weighted by atomic mass is 79.9. The minimum Gasteiger partial charge on any atom is -0.508 e. The molecule has 0 bridgehead atoms. The lowest BCUT2D eigenvalue weighted by Crippen LogP contribution is -2.52. The molecule has 0 aliphatic rings. The van der Waals surface area contributed by atoms with E-state index in [1.54, 1.807) is 12.1 Å². The van der Waals surface area contributed by atoms with Gasteiger partial charge in [-0.05, 0) is 37.3 Å². The number of anilines is 1. The van der Waals surface area contributed by atoms with E-state index in [0.29, 0.717) is 15.4 Å². The van der Waals surface area contributed by atoms with E-state index in [2.05, 4.69) is 32.8 Å². The summed E-state index contributed by atoms with van der Waals surface area (Å²) in [6.45, 7) is 4.92. The lowest BCUT2D eigenvalue weighted by Gasteiger charge is -2.39. The topological polar surface area (TPSA) is 85.4 Å². The molecule has 9 heteroatoms. The van der Waals surface area contributed by atoms with Crippen LogP contribution >= 0.6 is 15.9 Å². The van der Waals surface area contributed by atoms with Gasteiger partial charge in [-0.2, -0.15) is 13.2 Å². The molecule has 2 atom stereocenters. The number of nitrogens with one attached hydrogen (secondary N) is 2. The van der Waals surface area contributed by atoms with Gasteiger partial charge in [0, 0.05) is 33.6 Å². The lowest BCUT2D eigenvalue weighted by molar-refractivity contribution is -0.266. The van der Waals surface area contributed by atoms with Crippen molar-refractivity contribution in [1.29, 1.82) is 0 Å². The average molecular weight is 497 g/mol. The quantitative estimate of drug-likeness (QED) is 0.344. The summed E-state index contributed by atoms with van der Waals surface area (Å²) in [6, 6.07) is 9.67. The van der Waals surface area contributed by atoms with Gasteiger partial charge in [-0.1, -0.05) is 33.6 Å². The SMILES string of the molecule is C=C(C)CC(O)(C(Nc1cccc2[nH]c(=O)ccc12)c1ccc(Br)cc1O)C(F)(F)F. The molecule has 31 heavy (non-hydrogen) atoms. The third kappa shape index (κ3) is 4.62. The molecule has 1 heterocycles. The summed E-state index contributed by atoms with van der Waals surface area (Å²) in [6.07, 6.45) is -5.84. The molecule has 0 saturated carbocycles. The van der Waals surface area contributed by atoms with Crippen molar-refractivity contribution < 1.29 is 23.4 Å². The zero-order chi connectivity index (χ0) is 23.0. The molecular formula is C22H20BrF3N2O3. The van der Waals surface area contributed by atoms with Gasteiger partial charge in [0.15, 0.2) is 5.60 Å². The molecule has 5 nitrogen and oxygen atoms in total. The van der Waals surface area contributed by atoms with E-state index in [1.807, 2.05) is 0 Å². The number of aliphatic hydroxyl groups is 1. The number of hydrogen-bond donors (Lipinski definition) is 4. The smallest absolute Gasteiger partial charge is 0.419 e. The summed E-state index contributed by atoms with van der Waals surface area (Å²) >= 11 is 3.17. The van der Waals surface area contributed by atoms with Crippen LogP contribution in [0.5, 0.6) is 5.75 Å². The van der Waals surface area contributed by atoms with Crippen LogP contribution in [0.15, 0.2) is 70.0 Å². The predicted octanol–water partition coefficient (Wildman–Crippen LogP) is 5.41. The Morgan fingerprint density at radius 2 is 1.94 bits per heavy atom. The molecule has 0 amide bonds. The first-order chi connectivity index (χ1) is 14.4. The van der Waals surface area contributed by atoms with Gasteiger partial charge in [0.05, 0.1) is 11.6 Å². The molecular weight excluding hydrogens is 477 g/mol. The largest absolute Gasteiger partial charge is 0.508 e. The highest BCUT2D eigenvalue weighted by molar-refractivity contribution is 9.10. The summed E-state index contributed by atoms with van der Waals surface area (Å²) < 4.78 is 43.1. The van der Waals surface area contributed by atoms with Gasteiger partial charge in [0.25, 0.3) is 0 Å². The molecule has 0 radical (unpaired) electrons. The molecule has 3 rings (SSSR count). The Kier molecular flexibility index (Phi) is 6.20. The highest BCUT2D eigenvalue weighted by Gasteiger charge is 2.59. The Bertz CT molecular complexity index is 1190. The van der Waals surface area contributed by atoms with Crippen molar-refractivity contribution in [3.05, 3.63) is 81.1 Å². The van der Waals surface area contributed by atoms with Crippen molar-refractivity contribution >= 4 is 32.5 Å². The summed E-state index contributed by atoms with van der Waals surface area (Å²) in [7, 11) is 0. The van der Waals surface area contributed by atoms with Gasteiger partial charge in [-0.25, -0.2) is 0 Å². The first kappa shape index (κ1) is 22.9. The molecule has 3 aromatic rings. The fourth-order valence-electron chi connectivity index (χ4n) is 3.51. The molecule has 4 N–H and O–H groups in total. The van der Waals surface area contributed by atoms with Crippen molar-refractivity contribution in [2.45, 2.75) is 31.2 Å². The number of aromatic nitrogens is 1. The van der Waals surface area contributed by atoms with E-state index < -0.39 is 30.0 Å². The highest BCUT2D eigenvalue weighted by Crippen LogP contribution is 2.48. The molecule has 2 unspecified atom stereocenters. The molecule has 2 aromatic carbocycles. The number of alkyl halides is 3. The number of H-pyrrole nitrogens is 1. The third-order valence-electron chi connectivity index (χ3n) is 4.91. The number of rotatable bonds is 6. The maximum atomic E-state index is 14.2. The van der Waals surface area contributed by atoms with E-state index in [4.69, 9.17) is 0 Å². The van der Waals surface area contributed by atoms with Crippen molar-refractivity contribution in [1.82, 2.24) is 4.98 Å². The maximum absolute atomic E-state index is 14.2. The van der Waals surface area contributed by atoms with Crippen LogP contribution in [0, 0.1) is 0 Å². The van der Waals surface area contributed by atoms with Crippen LogP contribution in [0.1, 0.15) is 24.9 Å². The normalized spacial score (nSPS) is 14.8. The fourth-order valence-corrected chi connectivity index (χ4v) is 3.86. The van der Waals surface area contributed by atoms with Crippen LogP contribution in [0.2, 0.25) is 0 Å². The summed E-state index contributed by atoms with van der Waals surface area (Å²) in [5.74, 6) is -0.426. The van der Waals surface area contributed by atoms with Crippen LogP contribution in [0.4, 0.5) is 18.9 Å². The van der Waals surface area contributed by atoms with Crippen LogP contribution in [-0.2, 0) is 0 Å². The predicted molar refractivity (Wildman–Crippen MR) is 117 cm³/mol. The van der Waals surface area contributed by atoms with E-state index in [0.717, 1.165) is 0 Å². The number of phenolic OH excluding ortho intramolecular Hbond substituents is 1. The number of halogens is 4. The molecule has 0 fully saturated rings. The average Bonchev–Trinajstić information content (AvgIpc) is 2.65. The molecule has 0 aliphatic carbocycles. The third-order valence-corrected chi connectivity index (χ3v) is 5.40. The lowest BCUT2D eigenvalue weighted by atomic mass is 9.82. The molecule has 164 valence electrons. The number of fused-ring (bicyclic) bond motifs is 1. The zero-order valence-corrected chi connectivity index (χ0v) is 18.0. The minimum atomic E-state index is -5.05. The zero-order valence-electron chi connectivity index (χ0n) is 16.4. The van der Waals surface area contributed by atoms with E-state index >= 15 is 0 Å². The minimum absolute atomic E-state index is 0.116. The maximum Gasteiger partial charge on any atom is 0.419 e. The first-order valence-electron chi connectivity index (χ1n) is 9.23. The van der Waals surface area contributed by atoms with Crippen molar-refractivity contribution in [3.63, 3.8) is 0 Å². The monoisotopic (exact) mass is 496 g/mol. The number of aromatic amines is 1. The Labute approximate surface area is 184 Å². The number of benzene rings is 2. The Hall–Kier alpha value is -2.78. The summed E-state index contributed by atoms with van der Waals surface area (Å²) in [5, 5.41) is 24.6. The van der Waals surface area contributed by atoms with Gasteiger partial charge < -0.3 is 20.5 Å². The van der Waals surface area contributed by atoms with Gasteiger partial charge in [0.2, 0.25) is 5.56 Å². The number of pyridine rings is 1. The van der Waals surface area contributed by atoms with E-state index in [1.165, 1.54) is 43.3 Å². The summed E-state index contributed by atoms with van der Waals surface area (Å²) in [4.78, 5) is 14.2. The van der Waals surface area contributed by atoms with Gasteiger partial charge in [-0.15, -0.1) is 6.58 Å². The van der Waals surface area contributed by atoms with Crippen LogP contribution in [-0.4, -0.2) is 27.0 Å². The standard InChI is InChI=1S/C22H20BrF3N2O3/c1-12(2)11-21(31,22(24,25)26)20(15-7-6-13(23)10-18(15)29)28-17-5-3-4-16-14(17)8-9-19(30)27-16/h3-10,20,28-29,31H,1,11H2,2H3,(H,27,30). The van der Waals surface area contributed by atoms with Crippen LogP contribution in [0.25, 0.3) is 10.9 Å². The molecule has 1 aromatic heterocycles. The van der Waals surface area contributed by atoms with Crippen LogP contribution < -0.4 is 10.9 Å². The Morgan fingerprint density at radius 1 is 1.23 bits per heavy atom. The fraction of sp³-hybridized carbons (Fsp3) is 0.227. The number of hydrogen-bond acceptors (Lipinski definition) is 4. The van der Waals surface area contributed by atoms with Crippen molar-refractivity contribution in [2.24, 2.45) is 0 Å². The van der Waals surface area contributed by atoms with Crippen molar-refractivity contribution in [3.8, 4) is 5.75 Å². The molecule has 0 saturated heterocycles. The van der Waals surface area contributed by atoms with Crippen LogP contribution in [0.3, 0.4) is 0 Å². The van der Waals surface area contributed by atoms with Gasteiger partial charge >= 0.3 is 6.18 Å². The molecule has 0 spiro atoms. The Morgan fingerprint density at radius 3 is 2.55 bits per heavy atom. The number of phenols is 1. The molecule has 0 aliphatic heterocycles. The van der Waals surface area contributed by atoms with Gasteiger partial charge in [-0.3, -0.25) is 4.79 Å². The second kappa shape index (κ2) is 8.39.